The lowest BCUT2D eigenvalue weighted by Gasteiger charge is -2.01. The number of unbranched alkanes of at least 4 members (excludes halogenated alkanes) is 10. The molecule has 1 saturated carbocycles. The van der Waals surface area contributed by atoms with Crippen molar-refractivity contribution >= 4 is 0 Å². The predicted octanol–water partition coefficient (Wildman–Crippen LogP) is 6.26. The minimum Gasteiger partial charge on any atom is -0.0850 e. The second-order valence-corrected chi connectivity index (χ2v) is 5.85. The fraction of sp³-hybridized carbons (Fsp3) is 0.882. The normalized spacial score (nSPS) is 21.1. The van der Waals surface area contributed by atoms with E-state index in [2.05, 4.69) is 19.9 Å². The molecule has 17 heavy (non-hydrogen) atoms. The van der Waals surface area contributed by atoms with Crippen molar-refractivity contribution in [3.63, 3.8) is 0 Å². The van der Waals surface area contributed by atoms with E-state index in [4.69, 9.17) is 0 Å². The zero-order chi connectivity index (χ0) is 12.3. The van der Waals surface area contributed by atoms with Gasteiger partial charge in [0, 0.05) is 0 Å². The molecule has 1 atom stereocenters. The van der Waals surface area contributed by atoms with Gasteiger partial charge in [-0.25, -0.2) is 0 Å². The summed E-state index contributed by atoms with van der Waals surface area (Å²) in [4.78, 5) is 0. The van der Waals surface area contributed by atoms with Crippen LogP contribution < -0.4 is 0 Å². The Morgan fingerprint density at radius 1 is 0.882 bits per heavy atom. The Bertz CT molecular complexity index is 202. The molecule has 1 rings (SSSR count). The molecule has 0 radical (unpaired) electrons. The highest BCUT2D eigenvalue weighted by atomic mass is 14.3. The second kappa shape index (κ2) is 9.74. The minimum absolute atomic E-state index is 0.929. The molecule has 1 unspecified atom stereocenters. The molecule has 0 bridgehead atoms. The standard InChI is InChI=1S/C17H32/c1-3-4-5-6-7-8-9-10-11-12-13-14-17-15-16(17)2/h14,16H,3-13,15H2,1-2H3. The van der Waals surface area contributed by atoms with Crippen molar-refractivity contribution in [2.45, 2.75) is 90.9 Å². The molecule has 0 N–H and O–H groups in total. The maximum absolute atomic E-state index is 2.50. The van der Waals surface area contributed by atoms with Gasteiger partial charge in [-0.2, -0.15) is 0 Å². The van der Waals surface area contributed by atoms with Gasteiger partial charge in [0.15, 0.2) is 0 Å². The van der Waals surface area contributed by atoms with Crippen molar-refractivity contribution in [1.29, 1.82) is 0 Å². The van der Waals surface area contributed by atoms with Crippen LogP contribution in [-0.4, -0.2) is 0 Å². The highest BCUT2D eigenvalue weighted by molar-refractivity contribution is 5.21. The third-order valence-electron chi connectivity index (χ3n) is 3.98. The average molecular weight is 236 g/mol. The molecular weight excluding hydrogens is 204 g/mol. The van der Waals surface area contributed by atoms with E-state index in [1.807, 2.05) is 0 Å². The molecule has 0 heteroatoms. The predicted molar refractivity (Wildman–Crippen MR) is 78.3 cm³/mol. The molecule has 1 aliphatic rings. The van der Waals surface area contributed by atoms with E-state index in [1.165, 1.54) is 77.0 Å². The number of rotatable bonds is 11. The Labute approximate surface area is 109 Å². The van der Waals surface area contributed by atoms with Crippen molar-refractivity contribution < 1.29 is 0 Å². The van der Waals surface area contributed by atoms with E-state index < -0.39 is 0 Å². The number of hydrogen-bond acceptors (Lipinski definition) is 0. The van der Waals surface area contributed by atoms with Crippen LogP contribution in [0.3, 0.4) is 0 Å². The third-order valence-corrected chi connectivity index (χ3v) is 3.98. The van der Waals surface area contributed by atoms with Gasteiger partial charge in [-0.05, 0) is 25.2 Å². The Hall–Kier alpha value is -0.260. The fourth-order valence-electron chi connectivity index (χ4n) is 2.50. The fourth-order valence-corrected chi connectivity index (χ4v) is 2.50. The summed E-state index contributed by atoms with van der Waals surface area (Å²) in [6.45, 7) is 4.63. The Morgan fingerprint density at radius 3 is 1.82 bits per heavy atom. The van der Waals surface area contributed by atoms with Gasteiger partial charge in [0.1, 0.15) is 0 Å². The topological polar surface area (TPSA) is 0 Å². The summed E-state index contributed by atoms with van der Waals surface area (Å²) in [5.41, 5.74) is 1.72. The summed E-state index contributed by atoms with van der Waals surface area (Å²) in [6.07, 6.45) is 19.7. The van der Waals surface area contributed by atoms with Gasteiger partial charge >= 0.3 is 0 Å². The Kier molecular flexibility index (Phi) is 8.48. The van der Waals surface area contributed by atoms with Gasteiger partial charge in [-0.3, -0.25) is 0 Å². The first kappa shape index (κ1) is 14.8. The molecule has 0 aromatic heterocycles. The summed E-state index contributed by atoms with van der Waals surface area (Å²) in [5.74, 6) is 0.929. The highest BCUT2D eigenvalue weighted by Crippen LogP contribution is 2.37. The second-order valence-electron chi connectivity index (χ2n) is 5.85. The summed E-state index contributed by atoms with van der Waals surface area (Å²) in [6, 6.07) is 0. The van der Waals surface area contributed by atoms with Gasteiger partial charge in [0.25, 0.3) is 0 Å². The van der Waals surface area contributed by atoms with Crippen LogP contribution in [-0.2, 0) is 0 Å². The van der Waals surface area contributed by atoms with Crippen molar-refractivity contribution in [2.75, 3.05) is 0 Å². The maximum atomic E-state index is 2.50. The van der Waals surface area contributed by atoms with Crippen LogP contribution in [0.1, 0.15) is 90.9 Å². The van der Waals surface area contributed by atoms with Crippen LogP contribution in [0.15, 0.2) is 11.6 Å². The first-order chi connectivity index (χ1) is 8.34. The van der Waals surface area contributed by atoms with Gasteiger partial charge in [0.05, 0.1) is 0 Å². The van der Waals surface area contributed by atoms with Gasteiger partial charge in [0.2, 0.25) is 0 Å². The summed E-state index contributed by atoms with van der Waals surface area (Å²) in [5, 5.41) is 0. The molecule has 0 spiro atoms. The van der Waals surface area contributed by atoms with E-state index in [9.17, 15) is 0 Å². The largest absolute Gasteiger partial charge is 0.0850 e. The average Bonchev–Trinajstić information content (AvgIpc) is 3.02. The Balaban J connectivity index is 1.70. The third kappa shape index (κ3) is 8.46. The summed E-state index contributed by atoms with van der Waals surface area (Å²) >= 11 is 0. The van der Waals surface area contributed by atoms with Crippen LogP contribution >= 0.6 is 0 Å². The molecule has 1 fully saturated rings. The van der Waals surface area contributed by atoms with Gasteiger partial charge in [-0.1, -0.05) is 83.3 Å². The van der Waals surface area contributed by atoms with Crippen molar-refractivity contribution in [1.82, 2.24) is 0 Å². The molecule has 0 aliphatic heterocycles. The summed E-state index contributed by atoms with van der Waals surface area (Å²) in [7, 11) is 0. The van der Waals surface area contributed by atoms with E-state index in [0.29, 0.717) is 0 Å². The molecule has 0 amide bonds. The quantitative estimate of drug-likeness (QED) is 0.293. The van der Waals surface area contributed by atoms with Crippen molar-refractivity contribution in [3.8, 4) is 0 Å². The number of allylic oxidation sites excluding steroid dienone is 2. The van der Waals surface area contributed by atoms with Crippen LogP contribution in [0.5, 0.6) is 0 Å². The first-order valence-electron chi connectivity index (χ1n) is 8.03. The van der Waals surface area contributed by atoms with E-state index in [-0.39, 0.29) is 0 Å². The Morgan fingerprint density at radius 2 is 1.35 bits per heavy atom. The lowest BCUT2D eigenvalue weighted by Crippen LogP contribution is -1.81. The lowest BCUT2D eigenvalue weighted by molar-refractivity contribution is 0.557. The molecule has 0 heterocycles. The lowest BCUT2D eigenvalue weighted by atomic mass is 10.1. The number of hydrogen-bond donors (Lipinski definition) is 0. The molecule has 0 aromatic rings. The highest BCUT2D eigenvalue weighted by Gasteiger charge is 2.22. The monoisotopic (exact) mass is 236 g/mol. The molecule has 100 valence electrons. The van der Waals surface area contributed by atoms with E-state index >= 15 is 0 Å². The van der Waals surface area contributed by atoms with Gasteiger partial charge in [-0.15, -0.1) is 0 Å². The van der Waals surface area contributed by atoms with Crippen LogP contribution in [0.25, 0.3) is 0 Å². The van der Waals surface area contributed by atoms with Crippen molar-refractivity contribution in [3.05, 3.63) is 11.6 Å². The summed E-state index contributed by atoms with van der Waals surface area (Å²) < 4.78 is 0. The molecule has 0 saturated heterocycles. The minimum atomic E-state index is 0.929. The SMILES string of the molecule is CCCCCCCCCCCCC=C1CC1C. The zero-order valence-electron chi connectivity index (χ0n) is 12.1. The molecule has 1 aliphatic carbocycles. The van der Waals surface area contributed by atoms with E-state index in [0.717, 1.165) is 5.92 Å². The zero-order valence-corrected chi connectivity index (χ0v) is 12.1. The molecule has 0 nitrogen and oxygen atoms in total. The van der Waals surface area contributed by atoms with Crippen LogP contribution in [0, 0.1) is 5.92 Å². The van der Waals surface area contributed by atoms with Crippen LogP contribution in [0.2, 0.25) is 0 Å². The molecular formula is C17H32. The van der Waals surface area contributed by atoms with Gasteiger partial charge < -0.3 is 0 Å². The van der Waals surface area contributed by atoms with E-state index in [1.54, 1.807) is 5.57 Å². The first-order valence-corrected chi connectivity index (χ1v) is 8.03. The van der Waals surface area contributed by atoms with Crippen LogP contribution in [0.4, 0.5) is 0 Å². The maximum Gasteiger partial charge on any atom is -0.0194 e. The van der Waals surface area contributed by atoms with Crippen molar-refractivity contribution in [2.24, 2.45) is 5.92 Å². The smallest absolute Gasteiger partial charge is 0.0194 e. The molecule has 0 aromatic carbocycles.